The summed E-state index contributed by atoms with van der Waals surface area (Å²) >= 11 is 0. The second kappa shape index (κ2) is 12.6. The Hall–Kier alpha value is -3.55. The van der Waals surface area contributed by atoms with E-state index in [0.717, 1.165) is 91.8 Å². The Morgan fingerprint density at radius 1 is 1.16 bits per heavy atom. The van der Waals surface area contributed by atoms with Crippen molar-refractivity contribution >= 4 is 17.7 Å². The van der Waals surface area contributed by atoms with Crippen molar-refractivity contribution in [2.45, 2.75) is 97.8 Å². The van der Waals surface area contributed by atoms with Crippen molar-refractivity contribution in [3.05, 3.63) is 64.4 Å². The number of benzene rings is 1. The maximum Gasteiger partial charge on any atom is 0.410 e. The molecule has 1 aromatic carbocycles. The number of anilines is 1. The number of amides is 2. The first-order valence-corrected chi connectivity index (χ1v) is 15.9. The third-order valence-corrected chi connectivity index (χ3v) is 9.29. The molecule has 0 unspecified atom stereocenters. The van der Waals surface area contributed by atoms with Crippen LogP contribution in [0.25, 0.3) is 0 Å². The minimum atomic E-state index is -0.474. The molecule has 8 nitrogen and oxygen atoms in total. The Bertz CT molecular complexity index is 1360. The molecule has 1 spiro atoms. The molecule has 0 radical (unpaired) electrons. The molecule has 2 fully saturated rings. The van der Waals surface area contributed by atoms with Crippen LogP contribution in [0.2, 0.25) is 0 Å². The van der Waals surface area contributed by atoms with Crippen LogP contribution in [-0.2, 0) is 24.1 Å². The number of fused-ring (bicyclic) bond motifs is 2. The zero-order valence-corrected chi connectivity index (χ0v) is 26.8. The van der Waals surface area contributed by atoms with Crippen LogP contribution in [0, 0.1) is 12.3 Å². The molecule has 1 saturated heterocycles. The first kappa shape index (κ1) is 30.9. The van der Waals surface area contributed by atoms with Crippen LogP contribution in [0.3, 0.4) is 0 Å². The summed E-state index contributed by atoms with van der Waals surface area (Å²) in [4.78, 5) is 35.2. The van der Waals surface area contributed by atoms with E-state index in [-0.39, 0.29) is 17.4 Å². The number of rotatable bonds is 4. The molecule has 0 atom stereocenters. The Labute approximate surface area is 256 Å². The van der Waals surface area contributed by atoms with Gasteiger partial charge in [-0.3, -0.25) is 4.79 Å². The number of aromatic nitrogens is 1. The minimum Gasteiger partial charge on any atom is -0.481 e. The van der Waals surface area contributed by atoms with E-state index < -0.39 is 5.60 Å². The molecule has 3 aliphatic rings. The second-order valence-electron chi connectivity index (χ2n) is 13.4. The summed E-state index contributed by atoms with van der Waals surface area (Å²) in [6.45, 7) is 12.7. The summed E-state index contributed by atoms with van der Waals surface area (Å²) in [5, 5.41) is 3.18. The van der Waals surface area contributed by atoms with Gasteiger partial charge in [0.25, 0.3) is 5.91 Å². The predicted molar refractivity (Wildman–Crippen MR) is 170 cm³/mol. The zero-order chi connectivity index (χ0) is 30.8. The van der Waals surface area contributed by atoms with Crippen LogP contribution in [0.15, 0.2) is 36.4 Å². The van der Waals surface area contributed by atoms with Crippen molar-refractivity contribution in [3.63, 3.8) is 0 Å². The number of hydrogen-bond acceptors (Lipinski definition) is 6. The number of likely N-dealkylation sites (tertiary alicyclic amines) is 1. The third-order valence-electron chi connectivity index (χ3n) is 9.29. The van der Waals surface area contributed by atoms with Gasteiger partial charge in [-0.15, -0.1) is 0 Å². The Kier molecular flexibility index (Phi) is 9.04. The van der Waals surface area contributed by atoms with E-state index in [2.05, 4.69) is 46.4 Å². The lowest BCUT2D eigenvalue weighted by Gasteiger charge is -2.55. The van der Waals surface area contributed by atoms with Crippen molar-refractivity contribution in [1.82, 2.24) is 15.2 Å². The topological polar surface area (TPSA) is 84.0 Å². The Morgan fingerprint density at radius 2 is 1.91 bits per heavy atom. The number of carbonyl (C=O) groups is 2. The van der Waals surface area contributed by atoms with E-state index in [0.29, 0.717) is 24.9 Å². The number of methoxy groups -OCH3 is 1. The molecule has 1 saturated carbocycles. The standard InChI is InChI=1S/C35H48N4O4/c1-7-39(26-21-35(22-26)16-18-38(19-17-35)33(41)43-34(3,4)5)30-15-11-14-28-27(30)13-10-8-9-12-25-20-24(2)37-32(42-6)29(25)23-36-31(28)40/h8,10-11,14-15,20,26H,7,9,12-13,16-19,21-23H2,1-6H3,(H,36,40)/b10-8-. The normalized spacial score (nSPS) is 19.6. The van der Waals surface area contributed by atoms with Crippen molar-refractivity contribution in [1.29, 1.82) is 0 Å². The number of piperidine rings is 1. The van der Waals surface area contributed by atoms with Gasteiger partial charge in [-0.25, -0.2) is 9.78 Å². The number of nitrogens with one attached hydrogen (secondary N) is 1. The van der Waals surface area contributed by atoms with Gasteiger partial charge in [0.05, 0.1) is 7.11 Å². The first-order chi connectivity index (χ1) is 20.5. The maximum absolute atomic E-state index is 13.7. The summed E-state index contributed by atoms with van der Waals surface area (Å²) in [6, 6.07) is 8.65. The van der Waals surface area contributed by atoms with Gasteiger partial charge in [-0.05, 0) is 114 Å². The minimum absolute atomic E-state index is 0.0740. The van der Waals surface area contributed by atoms with Crippen molar-refractivity contribution in [2.75, 3.05) is 31.6 Å². The molecule has 232 valence electrons. The van der Waals surface area contributed by atoms with E-state index in [1.807, 2.05) is 44.7 Å². The van der Waals surface area contributed by atoms with Gasteiger partial charge in [-0.2, -0.15) is 0 Å². The number of allylic oxidation sites excluding steroid dienone is 2. The number of carbonyl (C=O) groups excluding carboxylic acids is 2. The van der Waals surface area contributed by atoms with E-state index in [9.17, 15) is 9.59 Å². The van der Waals surface area contributed by atoms with Crippen LogP contribution < -0.4 is 15.0 Å². The van der Waals surface area contributed by atoms with E-state index in [1.165, 1.54) is 0 Å². The smallest absolute Gasteiger partial charge is 0.410 e. The third kappa shape index (κ3) is 6.84. The van der Waals surface area contributed by atoms with Gasteiger partial charge in [0.15, 0.2) is 0 Å². The quantitative estimate of drug-likeness (QED) is 0.418. The fraction of sp³-hybridized carbons (Fsp3) is 0.571. The van der Waals surface area contributed by atoms with Gasteiger partial charge in [0.2, 0.25) is 5.88 Å². The van der Waals surface area contributed by atoms with Gasteiger partial charge in [-0.1, -0.05) is 18.2 Å². The molecule has 0 bridgehead atoms. The van der Waals surface area contributed by atoms with Crippen LogP contribution in [0.4, 0.5) is 10.5 Å². The van der Waals surface area contributed by atoms with Crippen LogP contribution in [0.5, 0.6) is 5.88 Å². The molecule has 1 aliphatic carbocycles. The van der Waals surface area contributed by atoms with Crippen molar-refractivity contribution in [2.24, 2.45) is 5.41 Å². The highest BCUT2D eigenvalue weighted by molar-refractivity contribution is 5.97. The molecule has 2 aromatic rings. The van der Waals surface area contributed by atoms with Crippen molar-refractivity contribution < 1.29 is 19.1 Å². The summed E-state index contributed by atoms with van der Waals surface area (Å²) in [5.41, 5.74) is 5.78. The Balaban J connectivity index is 1.32. The fourth-order valence-electron chi connectivity index (χ4n) is 7.09. The molecule has 2 amide bonds. The molecular weight excluding hydrogens is 540 g/mol. The van der Waals surface area contributed by atoms with Gasteiger partial charge >= 0.3 is 6.09 Å². The number of nitrogens with zero attached hydrogens (tertiary/aromatic N) is 3. The van der Waals surface area contributed by atoms with Gasteiger partial charge < -0.3 is 24.6 Å². The second-order valence-corrected chi connectivity index (χ2v) is 13.4. The number of ether oxygens (including phenoxy) is 2. The molecular formula is C35H48N4O4. The molecule has 43 heavy (non-hydrogen) atoms. The van der Waals surface area contributed by atoms with Gasteiger partial charge in [0, 0.05) is 54.7 Å². The zero-order valence-electron chi connectivity index (χ0n) is 26.8. The maximum atomic E-state index is 13.7. The fourth-order valence-corrected chi connectivity index (χ4v) is 7.09. The summed E-state index contributed by atoms with van der Waals surface area (Å²) < 4.78 is 11.2. The lowest BCUT2D eigenvalue weighted by molar-refractivity contribution is -0.0119. The lowest BCUT2D eigenvalue weighted by atomic mass is 9.60. The number of pyridine rings is 1. The highest BCUT2D eigenvalue weighted by atomic mass is 16.6. The lowest BCUT2D eigenvalue weighted by Crippen LogP contribution is -2.56. The van der Waals surface area contributed by atoms with E-state index in [4.69, 9.17) is 9.47 Å². The molecule has 1 N–H and O–H groups in total. The summed E-state index contributed by atoms with van der Waals surface area (Å²) in [6.07, 6.45) is 11.0. The summed E-state index contributed by atoms with van der Waals surface area (Å²) in [5.74, 6) is 0.508. The highest BCUT2D eigenvalue weighted by Gasteiger charge is 2.48. The van der Waals surface area contributed by atoms with Crippen LogP contribution >= 0.6 is 0 Å². The average Bonchev–Trinajstić information content (AvgIpc) is 2.94. The summed E-state index contributed by atoms with van der Waals surface area (Å²) in [7, 11) is 1.63. The molecule has 2 aliphatic heterocycles. The number of aryl methyl sites for hydroxylation is 2. The van der Waals surface area contributed by atoms with Crippen molar-refractivity contribution in [3.8, 4) is 5.88 Å². The molecule has 5 rings (SSSR count). The number of hydrogen-bond donors (Lipinski definition) is 1. The largest absolute Gasteiger partial charge is 0.481 e. The molecule has 8 heteroatoms. The SMILES string of the molecule is CCN(c1cccc2c1C/C=C\CCc1cc(C)nc(OC)c1CNC2=O)C1CC2(CCN(C(=O)OC(C)(C)C)CC2)C1. The monoisotopic (exact) mass is 588 g/mol. The first-order valence-electron chi connectivity index (χ1n) is 15.9. The average molecular weight is 589 g/mol. The molecule has 1 aromatic heterocycles. The van der Waals surface area contributed by atoms with Gasteiger partial charge in [0.1, 0.15) is 5.60 Å². The molecule has 3 heterocycles. The van der Waals surface area contributed by atoms with Crippen LogP contribution in [0.1, 0.15) is 92.5 Å². The Morgan fingerprint density at radius 3 is 2.58 bits per heavy atom. The highest BCUT2D eigenvalue weighted by Crippen LogP contribution is 2.52. The predicted octanol–water partition coefficient (Wildman–Crippen LogP) is 6.38. The van der Waals surface area contributed by atoms with E-state index in [1.54, 1.807) is 7.11 Å². The van der Waals surface area contributed by atoms with Crippen LogP contribution in [-0.4, -0.2) is 60.3 Å². The van der Waals surface area contributed by atoms with E-state index >= 15 is 0 Å².